The van der Waals surface area contributed by atoms with Crippen molar-refractivity contribution in [2.24, 2.45) is 11.8 Å². The average molecular weight is 353 g/mol. The van der Waals surface area contributed by atoms with Gasteiger partial charge >= 0.3 is 5.97 Å². The van der Waals surface area contributed by atoms with Crippen molar-refractivity contribution in [2.45, 2.75) is 25.9 Å². The maximum Gasteiger partial charge on any atom is 0.307 e. The highest BCUT2D eigenvalue weighted by Crippen LogP contribution is 2.34. The minimum atomic E-state index is -0.448. The van der Waals surface area contributed by atoms with E-state index in [2.05, 4.69) is 4.98 Å². The van der Waals surface area contributed by atoms with Gasteiger partial charge in [-0.3, -0.25) is 19.3 Å². The molecule has 1 fully saturated rings. The SMILES string of the molecule is O=C(CCN1C(=O)[C@@H]2CC=CC[C@H]2C1=O)OCc1cn2ccccc2n1. The number of carbonyl (C=O) groups is 3. The van der Waals surface area contributed by atoms with Crippen molar-refractivity contribution in [1.82, 2.24) is 14.3 Å². The highest BCUT2D eigenvalue weighted by Gasteiger charge is 2.46. The van der Waals surface area contributed by atoms with Gasteiger partial charge in [0.1, 0.15) is 12.3 Å². The maximum atomic E-state index is 12.3. The predicted molar refractivity (Wildman–Crippen MR) is 91.7 cm³/mol. The molecule has 7 heteroatoms. The standard InChI is InChI=1S/C19H19N3O4/c23-17(26-12-13-11-21-9-4-3-7-16(21)20-13)8-10-22-18(24)14-5-1-2-6-15(14)19(22)25/h1-4,7,9,11,14-15H,5-6,8,10,12H2/t14-,15-/m1/s1. The van der Waals surface area contributed by atoms with E-state index in [4.69, 9.17) is 4.74 Å². The number of imide groups is 1. The van der Waals surface area contributed by atoms with Gasteiger partial charge in [0.15, 0.2) is 0 Å². The van der Waals surface area contributed by atoms with Crippen molar-refractivity contribution in [3.8, 4) is 0 Å². The first-order valence-corrected chi connectivity index (χ1v) is 8.72. The lowest BCUT2D eigenvalue weighted by Gasteiger charge is -2.14. The Kier molecular flexibility index (Phi) is 4.28. The van der Waals surface area contributed by atoms with Crippen LogP contribution in [0.2, 0.25) is 0 Å². The van der Waals surface area contributed by atoms with E-state index in [1.807, 2.05) is 40.9 Å². The molecular weight excluding hydrogens is 334 g/mol. The van der Waals surface area contributed by atoms with Crippen LogP contribution >= 0.6 is 0 Å². The number of allylic oxidation sites excluding steroid dienone is 2. The number of likely N-dealkylation sites (tertiary alicyclic amines) is 1. The monoisotopic (exact) mass is 353 g/mol. The fraction of sp³-hybridized carbons (Fsp3) is 0.368. The molecule has 7 nitrogen and oxygen atoms in total. The number of hydrogen-bond donors (Lipinski definition) is 0. The number of rotatable bonds is 5. The molecule has 26 heavy (non-hydrogen) atoms. The van der Waals surface area contributed by atoms with Crippen LogP contribution in [0.3, 0.4) is 0 Å². The molecule has 3 heterocycles. The highest BCUT2D eigenvalue weighted by atomic mass is 16.5. The van der Waals surface area contributed by atoms with Gasteiger partial charge < -0.3 is 9.14 Å². The molecule has 0 aromatic carbocycles. The molecule has 4 rings (SSSR count). The number of esters is 1. The van der Waals surface area contributed by atoms with Gasteiger partial charge in [0.25, 0.3) is 0 Å². The van der Waals surface area contributed by atoms with Crippen LogP contribution in [0.5, 0.6) is 0 Å². The first-order valence-electron chi connectivity index (χ1n) is 8.72. The van der Waals surface area contributed by atoms with E-state index in [-0.39, 0.29) is 43.2 Å². The molecule has 0 spiro atoms. The van der Waals surface area contributed by atoms with Gasteiger partial charge in [-0.1, -0.05) is 18.2 Å². The van der Waals surface area contributed by atoms with Gasteiger partial charge in [0, 0.05) is 18.9 Å². The van der Waals surface area contributed by atoms with Gasteiger partial charge in [0.05, 0.1) is 24.0 Å². The number of nitrogens with zero attached hydrogens (tertiary/aromatic N) is 3. The van der Waals surface area contributed by atoms with Crippen LogP contribution in [0, 0.1) is 11.8 Å². The molecule has 2 aromatic rings. The second-order valence-corrected chi connectivity index (χ2v) is 6.59. The lowest BCUT2D eigenvalue weighted by atomic mass is 9.85. The van der Waals surface area contributed by atoms with Gasteiger partial charge in [-0.2, -0.15) is 0 Å². The summed E-state index contributed by atoms with van der Waals surface area (Å²) in [4.78, 5) is 42.3. The number of pyridine rings is 1. The van der Waals surface area contributed by atoms with E-state index in [1.54, 1.807) is 6.20 Å². The quantitative estimate of drug-likeness (QED) is 0.464. The number of fused-ring (bicyclic) bond motifs is 2. The molecule has 2 aromatic heterocycles. The van der Waals surface area contributed by atoms with E-state index >= 15 is 0 Å². The van der Waals surface area contributed by atoms with Crippen LogP contribution in [0.15, 0.2) is 42.7 Å². The van der Waals surface area contributed by atoms with Crippen molar-refractivity contribution in [3.63, 3.8) is 0 Å². The van der Waals surface area contributed by atoms with Gasteiger partial charge in [-0.15, -0.1) is 0 Å². The van der Waals surface area contributed by atoms with Crippen molar-refractivity contribution < 1.29 is 19.1 Å². The van der Waals surface area contributed by atoms with E-state index in [9.17, 15) is 14.4 Å². The first-order chi connectivity index (χ1) is 12.6. The zero-order valence-electron chi connectivity index (χ0n) is 14.2. The van der Waals surface area contributed by atoms with E-state index in [0.29, 0.717) is 18.5 Å². The lowest BCUT2D eigenvalue weighted by Crippen LogP contribution is -2.33. The van der Waals surface area contributed by atoms with Crippen molar-refractivity contribution >= 4 is 23.4 Å². The van der Waals surface area contributed by atoms with Crippen LogP contribution < -0.4 is 0 Å². The number of ether oxygens (including phenoxy) is 1. The Hall–Kier alpha value is -2.96. The number of carbonyl (C=O) groups excluding carboxylic acids is 3. The molecule has 2 aliphatic rings. The van der Waals surface area contributed by atoms with Crippen molar-refractivity contribution in [2.75, 3.05) is 6.54 Å². The van der Waals surface area contributed by atoms with Crippen LogP contribution in [0.4, 0.5) is 0 Å². The Labute approximate surface area is 150 Å². The van der Waals surface area contributed by atoms with Gasteiger partial charge in [-0.05, 0) is 25.0 Å². The fourth-order valence-electron chi connectivity index (χ4n) is 3.58. The minimum absolute atomic E-state index is 0.00226. The lowest BCUT2D eigenvalue weighted by molar-refractivity contribution is -0.146. The molecule has 1 saturated heterocycles. The molecule has 134 valence electrons. The van der Waals surface area contributed by atoms with Crippen LogP contribution in [0.25, 0.3) is 5.65 Å². The first kappa shape index (κ1) is 16.5. The molecule has 2 amide bonds. The Balaban J connectivity index is 1.30. The molecule has 1 aliphatic carbocycles. The Morgan fingerprint density at radius 1 is 1.15 bits per heavy atom. The summed E-state index contributed by atoms with van der Waals surface area (Å²) < 4.78 is 7.08. The zero-order valence-corrected chi connectivity index (χ0v) is 14.2. The van der Waals surface area contributed by atoms with Crippen molar-refractivity contribution in [1.29, 1.82) is 0 Å². The largest absolute Gasteiger partial charge is 0.459 e. The van der Waals surface area contributed by atoms with E-state index in [0.717, 1.165) is 5.65 Å². The summed E-state index contributed by atoms with van der Waals surface area (Å²) >= 11 is 0. The average Bonchev–Trinajstić information content (AvgIpc) is 3.18. The summed E-state index contributed by atoms with van der Waals surface area (Å²) in [7, 11) is 0. The molecule has 0 bridgehead atoms. The third-order valence-corrected chi connectivity index (χ3v) is 4.93. The second kappa shape index (κ2) is 6.74. The van der Waals surface area contributed by atoms with Gasteiger partial charge in [0.2, 0.25) is 11.8 Å². The summed E-state index contributed by atoms with van der Waals surface area (Å²) in [6.07, 6.45) is 8.75. The molecule has 1 aliphatic heterocycles. The molecular formula is C19H19N3O4. The second-order valence-electron chi connectivity index (χ2n) is 6.59. The molecule has 2 atom stereocenters. The number of imidazole rings is 1. The maximum absolute atomic E-state index is 12.3. The predicted octanol–water partition coefficient (Wildman–Crippen LogP) is 1.72. The van der Waals surface area contributed by atoms with Crippen LogP contribution in [0.1, 0.15) is 25.0 Å². The molecule has 0 unspecified atom stereocenters. The Morgan fingerprint density at radius 3 is 2.58 bits per heavy atom. The van der Waals surface area contributed by atoms with E-state index in [1.165, 1.54) is 4.90 Å². The third-order valence-electron chi connectivity index (χ3n) is 4.93. The summed E-state index contributed by atoms with van der Waals surface area (Å²) in [5.41, 5.74) is 1.43. The third kappa shape index (κ3) is 3.00. The molecule has 0 saturated carbocycles. The topological polar surface area (TPSA) is 81.0 Å². The van der Waals surface area contributed by atoms with Crippen LogP contribution in [-0.2, 0) is 25.7 Å². The zero-order chi connectivity index (χ0) is 18.1. The summed E-state index contributed by atoms with van der Waals surface area (Å²) in [6, 6.07) is 5.64. The Bertz CT molecular complexity index is 842. The number of amides is 2. The summed E-state index contributed by atoms with van der Waals surface area (Å²) in [6.45, 7) is 0.145. The van der Waals surface area contributed by atoms with Crippen molar-refractivity contribution in [3.05, 3.63) is 48.4 Å². The summed E-state index contributed by atoms with van der Waals surface area (Å²) in [5, 5.41) is 0. The van der Waals surface area contributed by atoms with Gasteiger partial charge in [-0.25, -0.2) is 4.98 Å². The normalized spacial score (nSPS) is 22.1. The number of aromatic nitrogens is 2. The van der Waals surface area contributed by atoms with Crippen LogP contribution in [-0.4, -0.2) is 38.6 Å². The molecule has 0 radical (unpaired) electrons. The fourth-order valence-corrected chi connectivity index (χ4v) is 3.58. The van der Waals surface area contributed by atoms with E-state index < -0.39 is 5.97 Å². The molecule has 0 N–H and O–H groups in total. The Morgan fingerprint density at radius 2 is 1.88 bits per heavy atom. The minimum Gasteiger partial charge on any atom is -0.459 e. The highest BCUT2D eigenvalue weighted by molar-refractivity contribution is 6.05. The smallest absolute Gasteiger partial charge is 0.307 e. The summed E-state index contributed by atoms with van der Waals surface area (Å²) in [5.74, 6) is -1.31. The number of hydrogen-bond acceptors (Lipinski definition) is 5.